The second-order valence-electron chi connectivity index (χ2n) is 5.37. The van der Waals surface area contributed by atoms with Crippen molar-refractivity contribution in [2.24, 2.45) is 0 Å². The lowest BCUT2D eigenvalue weighted by Crippen LogP contribution is -2.41. The number of sulfonamides is 1. The Balaban J connectivity index is 1.86. The summed E-state index contributed by atoms with van der Waals surface area (Å²) in [4.78, 5) is 11.8. The number of hydrogen-bond acceptors (Lipinski definition) is 4. The summed E-state index contributed by atoms with van der Waals surface area (Å²) >= 11 is 0. The van der Waals surface area contributed by atoms with Crippen LogP contribution in [0.15, 0.2) is 30.3 Å². The second-order valence-corrected chi connectivity index (χ2v) is 7.36. The van der Waals surface area contributed by atoms with E-state index < -0.39 is 10.0 Å². The van der Waals surface area contributed by atoms with Crippen LogP contribution in [0.25, 0.3) is 0 Å². The lowest BCUT2D eigenvalue weighted by Gasteiger charge is -2.20. The molecule has 1 amide bonds. The molecule has 0 aromatic heterocycles. The SMILES string of the molecule is CS(=O)(=O)N(CCNC(=O)C1CCCO1)Cc1ccccc1. The predicted molar refractivity (Wildman–Crippen MR) is 83.7 cm³/mol. The molecule has 1 unspecified atom stereocenters. The van der Waals surface area contributed by atoms with E-state index in [2.05, 4.69) is 5.32 Å². The smallest absolute Gasteiger partial charge is 0.249 e. The third-order valence-electron chi connectivity index (χ3n) is 3.55. The summed E-state index contributed by atoms with van der Waals surface area (Å²) in [6.07, 6.45) is 2.41. The van der Waals surface area contributed by atoms with E-state index in [1.807, 2.05) is 30.3 Å². The fourth-order valence-electron chi connectivity index (χ4n) is 2.35. The fraction of sp³-hybridized carbons (Fsp3) is 0.533. The van der Waals surface area contributed by atoms with E-state index in [1.54, 1.807) is 0 Å². The van der Waals surface area contributed by atoms with E-state index in [-0.39, 0.29) is 25.1 Å². The van der Waals surface area contributed by atoms with Gasteiger partial charge in [-0.05, 0) is 18.4 Å². The third kappa shape index (κ3) is 5.08. The Labute approximate surface area is 131 Å². The first-order valence-corrected chi connectivity index (χ1v) is 9.20. The predicted octanol–water partition coefficient (Wildman–Crippen LogP) is 0.743. The summed E-state index contributed by atoms with van der Waals surface area (Å²) in [5.41, 5.74) is 0.915. The monoisotopic (exact) mass is 326 g/mol. The highest BCUT2D eigenvalue weighted by Gasteiger charge is 2.24. The molecule has 1 saturated heterocycles. The molecule has 0 spiro atoms. The number of carbonyl (C=O) groups is 1. The molecule has 22 heavy (non-hydrogen) atoms. The van der Waals surface area contributed by atoms with Crippen LogP contribution in [0.4, 0.5) is 0 Å². The first kappa shape index (κ1) is 16.9. The minimum absolute atomic E-state index is 0.161. The zero-order chi connectivity index (χ0) is 16.0. The largest absolute Gasteiger partial charge is 0.368 e. The fourth-order valence-corrected chi connectivity index (χ4v) is 3.16. The lowest BCUT2D eigenvalue weighted by atomic mass is 10.2. The van der Waals surface area contributed by atoms with Crippen LogP contribution >= 0.6 is 0 Å². The molecule has 1 heterocycles. The Kier molecular flexibility index (Phi) is 5.93. The van der Waals surface area contributed by atoms with E-state index in [0.717, 1.165) is 18.4 Å². The van der Waals surface area contributed by atoms with E-state index in [4.69, 9.17) is 4.74 Å². The van der Waals surface area contributed by atoms with E-state index in [1.165, 1.54) is 10.6 Å². The van der Waals surface area contributed by atoms with Crippen molar-refractivity contribution in [1.29, 1.82) is 0 Å². The van der Waals surface area contributed by atoms with Crippen molar-refractivity contribution < 1.29 is 17.9 Å². The minimum atomic E-state index is -3.33. The topological polar surface area (TPSA) is 75.7 Å². The summed E-state index contributed by atoms with van der Waals surface area (Å²) < 4.78 is 30.4. The molecule has 1 N–H and O–H groups in total. The molecule has 1 fully saturated rings. The van der Waals surface area contributed by atoms with Crippen molar-refractivity contribution in [3.8, 4) is 0 Å². The Morgan fingerprint density at radius 3 is 2.68 bits per heavy atom. The first-order valence-electron chi connectivity index (χ1n) is 7.35. The standard InChI is InChI=1S/C15H22N2O4S/c1-22(19,20)17(12-13-6-3-2-4-7-13)10-9-16-15(18)14-8-5-11-21-14/h2-4,6-7,14H,5,8-12H2,1H3,(H,16,18). The molecule has 1 aromatic rings. The molecule has 7 heteroatoms. The van der Waals surface area contributed by atoms with Gasteiger partial charge >= 0.3 is 0 Å². The number of benzene rings is 1. The normalized spacial score (nSPS) is 18.5. The highest BCUT2D eigenvalue weighted by molar-refractivity contribution is 7.88. The summed E-state index contributed by atoms with van der Waals surface area (Å²) in [6, 6.07) is 9.38. The number of amides is 1. The van der Waals surface area contributed by atoms with Gasteiger partial charge in [0.1, 0.15) is 6.10 Å². The summed E-state index contributed by atoms with van der Waals surface area (Å²) in [5, 5.41) is 2.74. The van der Waals surface area contributed by atoms with Crippen molar-refractivity contribution in [2.45, 2.75) is 25.5 Å². The van der Waals surface area contributed by atoms with Crippen molar-refractivity contribution in [3.05, 3.63) is 35.9 Å². The Morgan fingerprint density at radius 1 is 1.36 bits per heavy atom. The van der Waals surface area contributed by atoms with Gasteiger partial charge in [0, 0.05) is 26.2 Å². The summed E-state index contributed by atoms with van der Waals surface area (Å²) in [7, 11) is -3.33. The van der Waals surface area contributed by atoms with Gasteiger partial charge in [0.25, 0.3) is 0 Å². The van der Waals surface area contributed by atoms with Crippen molar-refractivity contribution in [2.75, 3.05) is 26.0 Å². The molecule has 2 rings (SSSR count). The third-order valence-corrected chi connectivity index (χ3v) is 4.80. The number of nitrogens with zero attached hydrogens (tertiary/aromatic N) is 1. The lowest BCUT2D eigenvalue weighted by molar-refractivity contribution is -0.130. The summed E-state index contributed by atoms with van der Waals surface area (Å²) in [5.74, 6) is -0.161. The number of hydrogen-bond donors (Lipinski definition) is 1. The molecular weight excluding hydrogens is 304 g/mol. The maximum Gasteiger partial charge on any atom is 0.249 e. The van der Waals surface area contributed by atoms with Gasteiger partial charge < -0.3 is 10.1 Å². The van der Waals surface area contributed by atoms with Gasteiger partial charge in [0.15, 0.2) is 0 Å². The van der Waals surface area contributed by atoms with Crippen LogP contribution in [-0.4, -0.2) is 50.7 Å². The second kappa shape index (κ2) is 7.71. The quantitative estimate of drug-likeness (QED) is 0.802. The number of rotatable bonds is 7. The summed E-state index contributed by atoms with van der Waals surface area (Å²) in [6.45, 7) is 1.43. The van der Waals surface area contributed by atoms with Crippen LogP contribution in [0.1, 0.15) is 18.4 Å². The molecule has 6 nitrogen and oxygen atoms in total. The maximum atomic E-state index is 11.9. The van der Waals surface area contributed by atoms with Gasteiger partial charge in [-0.1, -0.05) is 30.3 Å². The Morgan fingerprint density at radius 2 is 2.09 bits per heavy atom. The molecule has 122 valence electrons. The highest BCUT2D eigenvalue weighted by atomic mass is 32.2. The van der Waals surface area contributed by atoms with Crippen LogP contribution in [0.5, 0.6) is 0 Å². The molecule has 0 radical (unpaired) electrons. The van der Waals surface area contributed by atoms with Crippen molar-refractivity contribution in [3.63, 3.8) is 0 Å². The van der Waals surface area contributed by atoms with Gasteiger partial charge in [0.05, 0.1) is 6.26 Å². The van der Waals surface area contributed by atoms with Crippen LogP contribution in [-0.2, 0) is 26.1 Å². The van der Waals surface area contributed by atoms with Crippen molar-refractivity contribution in [1.82, 2.24) is 9.62 Å². The van der Waals surface area contributed by atoms with Gasteiger partial charge in [-0.2, -0.15) is 4.31 Å². The average molecular weight is 326 g/mol. The van der Waals surface area contributed by atoms with Gasteiger partial charge in [-0.25, -0.2) is 8.42 Å². The zero-order valence-electron chi connectivity index (χ0n) is 12.7. The molecule has 1 aromatic carbocycles. The van der Waals surface area contributed by atoms with Crippen LogP contribution < -0.4 is 5.32 Å². The number of nitrogens with one attached hydrogen (secondary N) is 1. The van der Waals surface area contributed by atoms with E-state index >= 15 is 0 Å². The van der Waals surface area contributed by atoms with Crippen LogP contribution in [0.3, 0.4) is 0 Å². The number of ether oxygens (including phenoxy) is 1. The highest BCUT2D eigenvalue weighted by Crippen LogP contribution is 2.12. The van der Waals surface area contributed by atoms with Crippen molar-refractivity contribution >= 4 is 15.9 Å². The van der Waals surface area contributed by atoms with Crippen LogP contribution in [0, 0.1) is 0 Å². The minimum Gasteiger partial charge on any atom is -0.368 e. The number of carbonyl (C=O) groups excluding carboxylic acids is 1. The average Bonchev–Trinajstić information content (AvgIpc) is 3.00. The maximum absolute atomic E-state index is 11.9. The van der Waals surface area contributed by atoms with E-state index in [9.17, 15) is 13.2 Å². The van der Waals surface area contributed by atoms with E-state index in [0.29, 0.717) is 13.2 Å². The Bertz CT molecular complexity index is 583. The van der Waals surface area contributed by atoms with Gasteiger partial charge in [-0.3, -0.25) is 4.79 Å². The molecule has 1 aliphatic heterocycles. The molecule has 0 saturated carbocycles. The van der Waals surface area contributed by atoms with Gasteiger partial charge in [-0.15, -0.1) is 0 Å². The van der Waals surface area contributed by atoms with Gasteiger partial charge in [0.2, 0.25) is 15.9 Å². The molecule has 1 atom stereocenters. The molecule has 1 aliphatic rings. The Hall–Kier alpha value is -1.44. The zero-order valence-corrected chi connectivity index (χ0v) is 13.5. The molecule has 0 bridgehead atoms. The van der Waals surface area contributed by atoms with Crippen LogP contribution in [0.2, 0.25) is 0 Å². The molecular formula is C15H22N2O4S. The first-order chi connectivity index (χ1) is 10.5. The molecule has 0 aliphatic carbocycles.